The third-order valence-corrected chi connectivity index (χ3v) is 3.50. The number of hydrogen-bond donors (Lipinski definition) is 1. The molecule has 0 radical (unpaired) electrons. The second kappa shape index (κ2) is 6.16. The van der Waals surface area contributed by atoms with E-state index in [1.807, 2.05) is 19.4 Å². The van der Waals surface area contributed by atoms with E-state index < -0.39 is 0 Å². The van der Waals surface area contributed by atoms with Gasteiger partial charge < -0.3 is 15.0 Å². The number of pyridine rings is 1. The summed E-state index contributed by atoms with van der Waals surface area (Å²) < 4.78 is 5.76. The highest BCUT2D eigenvalue weighted by Crippen LogP contribution is 2.26. The van der Waals surface area contributed by atoms with Crippen LogP contribution in [0.1, 0.15) is 25.8 Å². The fraction of sp³-hybridized carbons (Fsp3) is 0.643. The summed E-state index contributed by atoms with van der Waals surface area (Å²) in [4.78, 5) is 6.74. The maximum atomic E-state index is 5.76. The molecule has 1 N–H and O–H groups in total. The smallest absolute Gasteiger partial charge is 0.0723 e. The first kappa shape index (κ1) is 13.3. The van der Waals surface area contributed by atoms with Crippen LogP contribution in [0.25, 0.3) is 0 Å². The standard InChI is InChI=1S/C14H23N3O/c1-4-13-10-18-11(2)9-17(13)14-8-16-6-5-12(14)7-15-3/h5-6,8,11,13,15H,4,7,9-10H2,1-3H3. The van der Waals surface area contributed by atoms with E-state index >= 15 is 0 Å². The third-order valence-electron chi connectivity index (χ3n) is 3.50. The molecule has 1 saturated heterocycles. The lowest BCUT2D eigenvalue weighted by atomic mass is 10.1. The Morgan fingerprint density at radius 3 is 3.11 bits per heavy atom. The number of morpholine rings is 1. The molecule has 18 heavy (non-hydrogen) atoms. The Bertz CT molecular complexity index is 383. The van der Waals surface area contributed by atoms with E-state index in [1.54, 1.807) is 0 Å². The van der Waals surface area contributed by atoms with Crippen LogP contribution in [0.2, 0.25) is 0 Å². The van der Waals surface area contributed by atoms with E-state index in [-0.39, 0.29) is 6.10 Å². The van der Waals surface area contributed by atoms with Crippen LogP contribution < -0.4 is 10.2 Å². The van der Waals surface area contributed by atoms with Crippen LogP contribution in [0.5, 0.6) is 0 Å². The van der Waals surface area contributed by atoms with Gasteiger partial charge in [0.2, 0.25) is 0 Å². The maximum Gasteiger partial charge on any atom is 0.0723 e. The number of rotatable bonds is 4. The van der Waals surface area contributed by atoms with Crippen molar-refractivity contribution >= 4 is 5.69 Å². The minimum Gasteiger partial charge on any atom is -0.375 e. The van der Waals surface area contributed by atoms with E-state index in [2.05, 4.69) is 35.1 Å². The van der Waals surface area contributed by atoms with Crippen LogP contribution in [0.4, 0.5) is 5.69 Å². The van der Waals surface area contributed by atoms with Gasteiger partial charge in [-0.2, -0.15) is 0 Å². The van der Waals surface area contributed by atoms with Crippen molar-refractivity contribution in [1.29, 1.82) is 0 Å². The normalized spacial score (nSPS) is 24.3. The molecule has 0 amide bonds. The van der Waals surface area contributed by atoms with E-state index in [1.165, 1.54) is 11.3 Å². The molecule has 0 spiro atoms. The summed E-state index contributed by atoms with van der Waals surface area (Å²) in [6.45, 7) is 6.98. The van der Waals surface area contributed by atoms with E-state index in [0.717, 1.165) is 26.1 Å². The molecule has 4 heteroatoms. The molecular weight excluding hydrogens is 226 g/mol. The average molecular weight is 249 g/mol. The molecule has 0 aromatic carbocycles. The second-order valence-electron chi connectivity index (χ2n) is 4.89. The van der Waals surface area contributed by atoms with Gasteiger partial charge in [-0.05, 0) is 32.0 Å². The Balaban J connectivity index is 2.26. The average Bonchev–Trinajstić information content (AvgIpc) is 2.40. The monoisotopic (exact) mass is 249 g/mol. The van der Waals surface area contributed by atoms with Gasteiger partial charge in [0, 0.05) is 19.3 Å². The predicted molar refractivity (Wildman–Crippen MR) is 73.8 cm³/mol. The highest BCUT2D eigenvalue weighted by atomic mass is 16.5. The first-order valence-corrected chi connectivity index (χ1v) is 6.72. The van der Waals surface area contributed by atoms with Crippen molar-refractivity contribution in [2.24, 2.45) is 0 Å². The zero-order valence-electron chi connectivity index (χ0n) is 11.5. The molecule has 2 heterocycles. The van der Waals surface area contributed by atoms with Crippen LogP contribution >= 0.6 is 0 Å². The van der Waals surface area contributed by atoms with Crippen molar-refractivity contribution in [1.82, 2.24) is 10.3 Å². The highest BCUT2D eigenvalue weighted by molar-refractivity contribution is 5.53. The molecular formula is C14H23N3O. The molecule has 0 saturated carbocycles. The number of nitrogens with one attached hydrogen (secondary N) is 1. The van der Waals surface area contributed by atoms with E-state index in [9.17, 15) is 0 Å². The minimum atomic E-state index is 0.287. The summed E-state index contributed by atoms with van der Waals surface area (Å²) in [5.74, 6) is 0. The lowest BCUT2D eigenvalue weighted by Gasteiger charge is -2.40. The molecule has 2 rings (SSSR count). The Labute approximate surface area is 109 Å². The molecule has 1 aromatic rings. The predicted octanol–water partition coefficient (Wildman–Crippen LogP) is 1.80. The maximum absolute atomic E-state index is 5.76. The van der Waals surface area contributed by atoms with Crippen molar-refractivity contribution in [3.63, 3.8) is 0 Å². The Morgan fingerprint density at radius 2 is 2.39 bits per heavy atom. The van der Waals surface area contributed by atoms with Gasteiger partial charge in [0.25, 0.3) is 0 Å². The Kier molecular flexibility index (Phi) is 4.55. The van der Waals surface area contributed by atoms with E-state index in [0.29, 0.717) is 6.04 Å². The summed E-state index contributed by atoms with van der Waals surface area (Å²) in [6.07, 6.45) is 5.23. The van der Waals surface area contributed by atoms with Gasteiger partial charge in [0.1, 0.15) is 0 Å². The summed E-state index contributed by atoms with van der Waals surface area (Å²) in [7, 11) is 1.98. The van der Waals surface area contributed by atoms with Crippen molar-refractivity contribution in [2.45, 2.75) is 39.0 Å². The number of hydrogen-bond acceptors (Lipinski definition) is 4. The third kappa shape index (κ3) is 2.82. The zero-order chi connectivity index (χ0) is 13.0. The molecule has 0 bridgehead atoms. The number of anilines is 1. The topological polar surface area (TPSA) is 37.4 Å². The quantitative estimate of drug-likeness (QED) is 0.883. The molecule has 2 unspecified atom stereocenters. The molecule has 1 aromatic heterocycles. The molecule has 1 fully saturated rings. The first-order valence-electron chi connectivity index (χ1n) is 6.72. The SMILES string of the molecule is CCC1COC(C)CN1c1cnccc1CNC. The molecule has 100 valence electrons. The van der Waals surface area contributed by atoms with Crippen LogP contribution in [0.15, 0.2) is 18.5 Å². The minimum absolute atomic E-state index is 0.287. The summed E-state index contributed by atoms with van der Waals surface area (Å²) in [5, 5.41) is 3.22. The van der Waals surface area contributed by atoms with Gasteiger partial charge >= 0.3 is 0 Å². The van der Waals surface area contributed by atoms with Gasteiger partial charge in [-0.1, -0.05) is 6.92 Å². The van der Waals surface area contributed by atoms with E-state index in [4.69, 9.17) is 4.74 Å². The Morgan fingerprint density at radius 1 is 1.56 bits per heavy atom. The molecule has 4 nitrogen and oxygen atoms in total. The first-order chi connectivity index (χ1) is 8.76. The second-order valence-corrected chi connectivity index (χ2v) is 4.89. The lowest BCUT2D eigenvalue weighted by Crippen LogP contribution is -2.49. The number of ether oxygens (including phenoxy) is 1. The van der Waals surface area contributed by atoms with Gasteiger partial charge in [0.15, 0.2) is 0 Å². The summed E-state index contributed by atoms with van der Waals surface area (Å²) in [5.41, 5.74) is 2.55. The highest BCUT2D eigenvalue weighted by Gasteiger charge is 2.27. The van der Waals surface area contributed by atoms with Crippen LogP contribution in [-0.4, -0.2) is 37.3 Å². The van der Waals surface area contributed by atoms with Gasteiger partial charge in [-0.15, -0.1) is 0 Å². The number of aromatic nitrogens is 1. The van der Waals surface area contributed by atoms with Crippen LogP contribution in [0, 0.1) is 0 Å². The fourth-order valence-corrected chi connectivity index (χ4v) is 2.49. The van der Waals surface area contributed by atoms with Crippen LogP contribution in [0.3, 0.4) is 0 Å². The lowest BCUT2D eigenvalue weighted by molar-refractivity contribution is 0.0298. The Hall–Kier alpha value is -1.13. The van der Waals surface area contributed by atoms with Crippen molar-refractivity contribution in [3.8, 4) is 0 Å². The molecule has 1 aliphatic heterocycles. The van der Waals surface area contributed by atoms with Crippen molar-refractivity contribution < 1.29 is 4.74 Å². The summed E-state index contributed by atoms with van der Waals surface area (Å²) >= 11 is 0. The summed E-state index contributed by atoms with van der Waals surface area (Å²) in [6, 6.07) is 2.56. The van der Waals surface area contributed by atoms with Crippen LogP contribution in [-0.2, 0) is 11.3 Å². The largest absolute Gasteiger partial charge is 0.375 e. The van der Waals surface area contributed by atoms with Gasteiger partial charge in [-0.3, -0.25) is 4.98 Å². The van der Waals surface area contributed by atoms with Crippen molar-refractivity contribution in [3.05, 3.63) is 24.0 Å². The van der Waals surface area contributed by atoms with Crippen molar-refractivity contribution in [2.75, 3.05) is 25.1 Å². The van der Waals surface area contributed by atoms with Gasteiger partial charge in [-0.25, -0.2) is 0 Å². The molecule has 0 aliphatic carbocycles. The fourth-order valence-electron chi connectivity index (χ4n) is 2.49. The molecule has 1 aliphatic rings. The zero-order valence-corrected chi connectivity index (χ0v) is 11.5. The number of nitrogens with zero attached hydrogens (tertiary/aromatic N) is 2. The molecule has 2 atom stereocenters. The van der Waals surface area contributed by atoms with Gasteiger partial charge in [0.05, 0.1) is 30.6 Å².